The number of halogens is 2. The molecule has 2 N–H and O–H groups in total. The first kappa shape index (κ1) is 14.6. The molecule has 11 heteroatoms. The van der Waals surface area contributed by atoms with Crippen LogP contribution >= 0.6 is 31.8 Å². The van der Waals surface area contributed by atoms with E-state index >= 15 is 0 Å². The third-order valence-corrected chi connectivity index (χ3v) is 11.7. The fraction of sp³-hybridized carbons (Fsp3) is 0. The van der Waals surface area contributed by atoms with Crippen molar-refractivity contribution in [2.75, 3.05) is 0 Å². The summed E-state index contributed by atoms with van der Waals surface area (Å²) in [4.78, 5) is 5.91. The van der Waals surface area contributed by atoms with Gasteiger partial charge in [0.25, 0.3) is 0 Å². The number of hydrogen-bond acceptors (Lipinski definition) is 2. The molecular weight excluding hydrogens is 366 g/mol. The molecule has 2 heterocycles. The molecule has 0 amide bonds. The van der Waals surface area contributed by atoms with Gasteiger partial charge in [-0.3, -0.25) is 0 Å². The summed E-state index contributed by atoms with van der Waals surface area (Å²) >= 11 is -0.572. The van der Waals surface area contributed by atoms with Crippen LogP contribution in [-0.2, 0) is 23.2 Å². The van der Waals surface area contributed by atoms with E-state index in [1.165, 1.54) is 38.1 Å². The Balaban J connectivity index is 0.000000720. The van der Waals surface area contributed by atoms with Crippen molar-refractivity contribution >= 4 is 38.1 Å². The van der Waals surface area contributed by atoms with E-state index in [9.17, 15) is 0 Å². The van der Waals surface area contributed by atoms with Crippen molar-refractivity contribution in [3.8, 4) is 0 Å². The summed E-state index contributed by atoms with van der Waals surface area (Å²) in [5.74, 6) is 0. The monoisotopic (exact) mass is 366 g/mol. The van der Waals surface area contributed by atoms with Gasteiger partial charge in [0.05, 0.1) is 0 Å². The fourth-order valence-electron chi connectivity index (χ4n) is 0.530. The maximum absolute atomic E-state index is 4.20. The summed E-state index contributed by atoms with van der Waals surface area (Å²) in [6.07, 6.45) is 0. The van der Waals surface area contributed by atoms with Gasteiger partial charge in [0.2, 0.25) is 0 Å². The number of hydrogen-bond donors (Lipinski definition) is 2. The average molecular weight is 368 g/mol. The molecule has 0 fully saturated rings. The zero-order chi connectivity index (χ0) is 7.52. The second-order valence-electron chi connectivity index (χ2n) is 1.60. The Kier molecular flexibility index (Phi) is 8.80. The molecule has 0 aromatic carbocycles. The standard InChI is InChI=1S/2CHN2P2.2ClH.Zr/c2*1-2-3-5-4-1;;;/h2*(H,2,3);2*1H;/q;;;;+2/p-2. The van der Waals surface area contributed by atoms with E-state index in [0.717, 1.165) is 0 Å². The predicted molar refractivity (Wildman–Crippen MR) is 46.5 cm³/mol. The van der Waals surface area contributed by atoms with Crippen LogP contribution < -0.4 is 31.1 Å². The van der Waals surface area contributed by atoms with Crippen LogP contribution in [0.5, 0.6) is 0 Å². The van der Waals surface area contributed by atoms with Crippen molar-refractivity contribution in [1.82, 2.24) is 19.9 Å². The van der Waals surface area contributed by atoms with Crippen LogP contribution in [0.25, 0.3) is 0 Å². The molecule has 4 nitrogen and oxygen atoms in total. The quantitative estimate of drug-likeness (QED) is 0.562. The molecule has 0 aliphatic carbocycles. The van der Waals surface area contributed by atoms with E-state index in [1.54, 1.807) is 0 Å². The Labute approximate surface area is 105 Å². The molecule has 2 aromatic rings. The van der Waals surface area contributed by atoms with Gasteiger partial charge in [-0.1, -0.05) is 0 Å². The molecule has 0 unspecified atom stereocenters. The Bertz CT molecular complexity index is 281. The first-order valence-electron chi connectivity index (χ1n) is 2.69. The van der Waals surface area contributed by atoms with E-state index < -0.39 is 23.2 Å². The molecule has 0 spiro atoms. The van der Waals surface area contributed by atoms with Gasteiger partial charge in [-0.05, 0) is 0 Å². The number of rotatable bonds is 2. The van der Waals surface area contributed by atoms with Gasteiger partial charge >= 0.3 is 81.2 Å². The van der Waals surface area contributed by atoms with Crippen LogP contribution in [0.4, 0.5) is 0 Å². The second-order valence-corrected chi connectivity index (χ2v) is 11.1. The number of nitrogens with one attached hydrogen (secondary N) is 2. The number of H-pyrrole nitrogens is 2. The second kappa shape index (κ2) is 7.84. The summed E-state index contributed by atoms with van der Waals surface area (Å²) in [5.41, 5.74) is 0. The van der Waals surface area contributed by atoms with Gasteiger partial charge in [0.1, 0.15) is 0 Å². The summed E-state index contributed by atoms with van der Waals surface area (Å²) in [6, 6.07) is 0. The van der Waals surface area contributed by atoms with Crippen LogP contribution in [0.15, 0.2) is 0 Å². The van der Waals surface area contributed by atoms with Crippen LogP contribution in [-0.4, -0.2) is 19.9 Å². The van der Waals surface area contributed by atoms with Gasteiger partial charge in [-0.25, -0.2) is 0 Å². The Hall–Kier alpha value is 1.60. The van der Waals surface area contributed by atoms with E-state index in [2.05, 4.69) is 19.9 Å². The van der Waals surface area contributed by atoms with Crippen molar-refractivity contribution in [3.05, 3.63) is 0 Å². The first-order chi connectivity index (χ1) is 5.45. The first-order valence-corrected chi connectivity index (χ1v) is 10.1. The van der Waals surface area contributed by atoms with Crippen molar-refractivity contribution in [2.45, 2.75) is 0 Å². The normalized spacial score (nSPS) is 10.5. The molecule has 2 aromatic heterocycles. The van der Waals surface area contributed by atoms with Crippen LogP contribution in [0, 0.1) is 0 Å². The number of nitrogens with zero attached hydrogens (tertiary/aromatic N) is 2. The van der Waals surface area contributed by atoms with Gasteiger partial charge in [-0.2, -0.15) is 0 Å². The molecule has 68 valence electrons. The van der Waals surface area contributed by atoms with Gasteiger partial charge in [0.15, 0.2) is 0 Å². The van der Waals surface area contributed by atoms with E-state index in [1.807, 2.05) is 0 Å². The van der Waals surface area contributed by atoms with Crippen molar-refractivity contribution in [2.24, 2.45) is 0 Å². The molecule has 13 heavy (non-hydrogen) atoms. The minimum atomic E-state index is -0.572. The molecule has 0 atom stereocenters. The summed E-state index contributed by atoms with van der Waals surface area (Å²) in [5, 5.41) is 8.40. The van der Waals surface area contributed by atoms with Crippen molar-refractivity contribution in [3.63, 3.8) is 0 Å². The topological polar surface area (TPSA) is 57.4 Å². The summed E-state index contributed by atoms with van der Waals surface area (Å²) < 4.78 is 2.72. The summed E-state index contributed by atoms with van der Waals surface area (Å²) in [7, 11) is 5.13. The van der Waals surface area contributed by atoms with E-state index in [-0.39, 0.29) is 24.8 Å². The van der Waals surface area contributed by atoms with Gasteiger partial charge < -0.3 is 24.8 Å². The molecular formula is C2H2Cl2N4P4Zr. The van der Waals surface area contributed by atoms with Crippen molar-refractivity contribution in [1.29, 1.82) is 0 Å². The Morgan fingerprint density at radius 2 is 1.38 bits per heavy atom. The van der Waals surface area contributed by atoms with Gasteiger partial charge in [-0.15, -0.1) is 0 Å². The van der Waals surface area contributed by atoms with Crippen molar-refractivity contribution < 1.29 is 48.0 Å². The predicted octanol–water partition coefficient (Wildman–Crippen LogP) is -4.51. The number of aromatic nitrogens is 4. The van der Waals surface area contributed by atoms with E-state index in [0.29, 0.717) is 0 Å². The summed E-state index contributed by atoms with van der Waals surface area (Å²) in [6.45, 7) is 0. The SMILES string of the molecule is [Cl-].[Cl-].n1[nH]pp[c]1[Zr+2][c]1n[nH]pp1. The van der Waals surface area contributed by atoms with Gasteiger partial charge in [0, 0.05) is 0 Å². The average Bonchev–Trinajstić information content (AvgIpc) is 2.60. The van der Waals surface area contributed by atoms with E-state index in [4.69, 9.17) is 0 Å². The Morgan fingerprint density at radius 3 is 1.69 bits per heavy atom. The Morgan fingerprint density at radius 1 is 0.923 bits per heavy atom. The molecule has 0 aliphatic heterocycles. The molecule has 0 bridgehead atoms. The molecule has 0 radical (unpaired) electrons. The fourth-order valence-corrected chi connectivity index (χ4v) is 10.9. The molecule has 0 saturated carbocycles. The third kappa shape index (κ3) is 4.77. The van der Waals surface area contributed by atoms with Crippen LogP contribution in [0.2, 0.25) is 0 Å². The third-order valence-electron chi connectivity index (χ3n) is 0.914. The molecule has 0 saturated heterocycles. The maximum atomic E-state index is 4.20. The van der Waals surface area contributed by atoms with Crippen LogP contribution in [0.3, 0.4) is 0 Å². The minimum absolute atomic E-state index is 0. The zero-order valence-corrected chi connectivity index (χ0v) is 13.5. The molecule has 0 aliphatic rings. The zero-order valence-electron chi connectivity index (χ0n) is 5.94. The van der Waals surface area contributed by atoms with Crippen LogP contribution in [0.1, 0.15) is 0 Å². The molecule has 2 rings (SSSR count). The number of aromatic amines is 2.